The number of fused-ring (bicyclic) bond motifs is 4. The van der Waals surface area contributed by atoms with Crippen LogP contribution in [0, 0.1) is 0 Å². The maximum Gasteiger partial charge on any atom is 0.166 e. The van der Waals surface area contributed by atoms with Crippen LogP contribution in [0.4, 0.5) is 0 Å². The van der Waals surface area contributed by atoms with Gasteiger partial charge in [-0.15, -0.1) is 0 Å². The van der Waals surface area contributed by atoms with Crippen LogP contribution >= 0.6 is 0 Å². The van der Waals surface area contributed by atoms with Gasteiger partial charge in [0.15, 0.2) is 34.9 Å². The van der Waals surface area contributed by atoms with E-state index < -0.39 is 0 Å². The van der Waals surface area contributed by atoms with Crippen LogP contribution in [0.25, 0.3) is 118 Å². The molecule has 3 heterocycles. The molecule has 3 aromatic heterocycles. The summed E-state index contributed by atoms with van der Waals surface area (Å²) >= 11 is 0. The molecule has 9 aromatic carbocycles. The average molecular weight is 832 g/mol. The minimum Gasteiger partial charge on any atom is -0.309 e. The Balaban J connectivity index is 1.10. The van der Waals surface area contributed by atoms with Gasteiger partial charge in [0.05, 0.1) is 16.7 Å². The molecular formula is C58H37N7. The van der Waals surface area contributed by atoms with Gasteiger partial charge in [-0.3, -0.25) is 0 Å². The van der Waals surface area contributed by atoms with Crippen LogP contribution in [0.2, 0.25) is 0 Å². The SMILES string of the molecule is c1ccc(-c2nc(-c3ccccc3)nc(-c3cc(-c4ccc(-c5nc(-c6ccccc6)nc(-c6ccccc6)n5)c5ccccc45)ccc3-n3c4ccccc4c4ccccc43)n2)cc1. The molecule has 0 saturated heterocycles. The maximum absolute atomic E-state index is 5.29. The van der Waals surface area contributed by atoms with Crippen LogP contribution < -0.4 is 0 Å². The predicted octanol–water partition coefficient (Wildman–Crippen LogP) is 14.0. The van der Waals surface area contributed by atoms with E-state index in [1.807, 2.05) is 121 Å². The molecule has 0 unspecified atom stereocenters. The number of rotatable bonds is 8. The normalized spacial score (nSPS) is 11.4. The van der Waals surface area contributed by atoms with Crippen LogP contribution in [0.3, 0.4) is 0 Å². The lowest BCUT2D eigenvalue weighted by molar-refractivity contribution is 1.06. The van der Waals surface area contributed by atoms with Crippen LogP contribution in [0.5, 0.6) is 0 Å². The smallest absolute Gasteiger partial charge is 0.166 e. The highest BCUT2D eigenvalue weighted by atomic mass is 15.1. The highest BCUT2D eigenvalue weighted by molar-refractivity contribution is 6.10. The zero-order chi connectivity index (χ0) is 43.1. The van der Waals surface area contributed by atoms with Crippen molar-refractivity contribution in [2.45, 2.75) is 0 Å². The summed E-state index contributed by atoms with van der Waals surface area (Å²) < 4.78 is 2.34. The fourth-order valence-electron chi connectivity index (χ4n) is 8.86. The Morgan fingerprint density at radius 3 is 1.02 bits per heavy atom. The molecule has 7 nitrogen and oxygen atoms in total. The van der Waals surface area contributed by atoms with E-state index in [0.717, 1.165) is 72.0 Å². The van der Waals surface area contributed by atoms with Gasteiger partial charge in [-0.2, -0.15) is 0 Å². The summed E-state index contributed by atoms with van der Waals surface area (Å²) in [4.78, 5) is 30.8. The minimum absolute atomic E-state index is 0.574. The van der Waals surface area contributed by atoms with Gasteiger partial charge in [-0.25, -0.2) is 29.9 Å². The largest absolute Gasteiger partial charge is 0.309 e. The van der Waals surface area contributed by atoms with Gasteiger partial charge in [-0.1, -0.05) is 194 Å². The van der Waals surface area contributed by atoms with Crippen molar-refractivity contribution in [1.82, 2.24) is 34.5 Å². The first-order chi connectivity index (χ1) is 32.2. The third-order valence-electron chi connectivity index (χ3n) is 11.9. The second kappa shape index (κ2) is 16.1. The minimum atomic E-state index is 0.574. The molecule has 0 radical (unpaired) electrons. The van der Waals surface area contributed by atoms with Crippen molar-refractivity contribution in [3.05, 3.63) is 224 Å². The summed E-state index contributed by atoms with van der Waals surface area (Å²) in [5.74, 6) is 3.62. The molecule has 0 amide bonds. The van der Waals surface area contributed by atoms with E-state index >= 15 is 0 Å². The lowest BCUT2D eigenvalue weighted by Crippen LogP contribution is -2.04. The second-order valence-corrected chi connectivity index (χ2v) is 15.9. The van der Waals surface area contributed by atoms with Gasteiger partial charge in [0.2, 0.25) is 0 Å². The summed E-state index contributed by atoms with van der Waals surface area (Å²) in [6.07, 6.45) is 0. The molecule has 12 rings (SSSR count). The van der Waals surface area contributed by atoms with Crippen molar-refractivity contribution in [2.24, 2.45) is 0 Å². The molecule has 0 aliphatic heterocycles. The van der Waals surface area contributed by atoms with Crippen molar-refractivity contribution in [3.8, 4) is 85.1 Å². The van der Waals surface area contributed by atoms with E-state index in [2.05, 4.69) is 108 Å². The number of aromatic nitrogens is 7. The molecule has 7 heteroatoms. The van der Waals surface area contributed by atoms with Crippen molar-refractivity contribution in [3.63, 3.8) is 0 Å². The van der Waals surface area contributed by atoms with E-state index in [-0.39, 0.29) is 0 Å². The van der Waals surface area contributed by atoms with Crippen LogP contribution in [-0.4, -0.2) is 34.5 Å². The summed E-state index contributed by atoms with van der Waals surface area (Å²) in [6, 6.07) is 77.1. The summed E-state index contributed by atoms with van der Waals surface area (Å²) in [7, 11) is 0. The summed E-state index contributed by atoms with van der Waals surface area (Å²) in [6.45, 7) is 0. The molecule has 304 valence electrons. The summed E-state index contributed by atoms with van der Waals surface area (Å²) in [5.41, 5.74) is 10.7. The zero-order valence-electron chi connectivity index (χ0n) is 35.0. The molecule has 0 saturated carbocycles. The quantitative estimate of drug-likeness (QED) is 0.152. The predicted molar refractivity (Wildman–Crippen MR) is 263 cm³/mol. The molecule has 0 atom stereocenters. The Bertz CT molecular complexity index is 3530. The van der Waals surface area contributed by atoms with Crippen LogP contribution in [0.1, 0.15) is 0 Å². The Hall–Kier alpha value is -8.94. The number of nitrogens with zero attached hydrogens (tertiary/aromatic N) is 7. The first-order valence-electron chi connectivity index (χ1n) is 21.6. The topological polar surface area (TPSA) is 82.3 Å². The van der Waals surface area contributed by atoms with Gasteiger partial charge in [-0.05, 0) is 52.2 Å². The highest BCUT2D eigenvalue weighted by Crippen LogP contribution is 2.41. The lowest BCUT2D eigenvalue weighted by atomic mass is 9.93. The fourth-order valence-corrected chi connectivity index (χ4v) is 8.86. The molecule has 0 spiro atoms. The molecule has 65 heavy (non-hydrogen) atoms. The van der Waals surface area contributed by atoms with Crippen molar-refractivity contribution in [2.75, 3.05) is 0 Å². The monoisotopic (exact) mass is 831 g/mol. The van der Waals surface area contributed by atoms with E-state index in [1.54, 1.807) is 0 Å². The number of benzene rings is 9. The number of para-hydroxylation sites is 2. The first kappa shape index (κ1) is 37.8. The molecule has 0 aliphatic rings. The van der Waals surface area contributed by atoms with Gasteiger partial charge >= 0.3 is 0 Å². The lowest BCUT2D eigenvalue weighted by Gasteiger charge is -2.17. The standard InChI is InChI=1S/C58H37N7/c1-5-19-38(20-6-1)53-59-54(39-21-7-2-8-22-39)62-57(61-53)48-35-34-43(44-27-13-14-28-45(44)48)42-33-36-52(65-50-31-17-15-29-46(50)47-30-16-18-32-51(47)65)49(37-42)58-63-55(40-23-9-3-10-24-40)60-56(64-58)41-25-11-4-12-26-41/h1-37H. The zero-order valence-corrected chi connectivity index (χ0v) is 35.0. The number of hydrogen-bond donors (Lipinski definition) is 0. The van der Waals surface area contributed by atoms with Crippen LogP contribution in [0.15, 0.2) is 224 Å². The molecule has 12 aromatic rings. The first-order valence-corrected chi connectivity index (χ1v) is 21.6. The highest BCUT2D eigenvalue weighted by Gasteiger charge is 2.22. The Labute approximate surface area is 375 Å². The maximum atomic E-state index is 5.29. The van der Waals surface area contributed by atoms with Gasteiger partial charge in [0.1, 0.15) is 0 Å². The second-order valence-electron chi connectivity index (χ2n) is 15.9. The molecule has 0 aliphatic carbocycles. The van der Waals surface area contributed by atoms with E-state index in [9.17, 15) is 0 Å². The van der Waals surface area contributed by atoms with E-state index in [4.69, 9.17) is 29.9 Å². The molecule has 0 N–H and O–H groups in total. The van der Waals surface area contributed by atoms with Gasteiger partial charge in [0.25, 0.3) is 0 Å². The van der Waals surface area contributed by atoms with E-state index in [1.165, 1.54) is 10.8 Å². The third-order valence-corrected chi connectivity index (χ3v) is 11.9. The van der Waals surface area contributed by atoms with E-state index in [0.29, 0.717) is 34.9 Å². The van der Waals surface area contributed by atoms with Gasteiger partial charge < -0.3 is 4.57 Å². The Morgan fingerprint density at radius 1 is 0.231 bits per heavy atom. The number of hydrogen-bond acceptors (Lipinski definition) is 6. The van der Waals surface area contributed by atoms with Crippen LogP contribution in [-0.2, 0) is 0 Å². The Kier molecular flexibility index (Phi) is 9.34. The van der Waals surface area contributed by atoms with Gasteiger partial charge in [0, 0.05) is 44.2 Å². The fraction of sp³-hybridized carbons (Fsp3) is 0. The molecule has 0 bridgehead atoms. The van der Waals surface area contributed by atoms with Crippen molar-refractivity contribution in [1.29, 1.82) is 0 Å². The average Bonchev–Trinajstić information content (AvgIpc) is 3.73. The molecular weight excluding hydrogens is 795 g/mol. The summed E-state index contributed by atoms with van der Waals surface area (Å²) in [5, 5.41) is 4.44. The Morgan fingerprint density at radius 2 is 0.569 bits per heavy atom. The molecule has 0 fully saturated rings. The van der Waals surface area contributed by atoms with Crippen molar-refractivity contribution < 1.29 is 0 Å². The van der Waals surface area contributed by atoms with Crippen molar-refractivity contribution >= 4 is 32.6 Å². The third kappa shape index (κ3) is 6.88.